The van der Waals surface area contributed by atoms with Crippen LogP contribution in [0.4, 0.5) is 0 Å². The fourth-order valence-electron chi connectivity index (χ4n) is 1.56. The Morgan fingerprint density at radius 2 is 2.38 bits per heavy atom. The minimum Gasteiger partial charge on any atom is -0.497 e. The van der Waals surface area contributed by atoms with Gasteiger partial charge >= 0.3 is 0 Å². The largest absolute Gasteiger partial charge is 0.497 e. The number of aromatic nitrogens is 2. The number of hydrogen-bond donors (Lipinski definition) is 0. The molecular weight excluding hydrogens is 228 g/mol. The van der Waals surface area contributed by atoms with E-state index in [2.05, 4.69) is 4.98 Å². The highest BCUT2D eigenvalue weighted by molar-refractivity contribution is 6.32. The monoisotopic (exact) mass is 238 g/mol. The molecule has 2 heterocycles. The van der Waals surface area contributed by atoms with Gasteiger partial charge in [-0.25, -0.2) is 4.98 Å². The summed E-state index contributed by atoms with van der Waals surface area (Å²) < 4.78 is 6.90. The van der Waals surface area contributed by atoms with Crippen LogP contribution in [0.3, 0.4) is 0 Å². The highest BCUT2D eigenvalue weighted by Crippen LogP contribution is 2.22. The standard InChI is InChI=1S/C11H11ClN2O2/c1-7(15)5-10-13-11(12)9-6-8(16-2)3-4-14(9)10/h3-4,6H,5H2,1-2H3. The number of fused-ring (bicyclic) bond motifs is 1. The number of pyridine rings is 1. The Balaban J connectivity index is 2.57. The van der Waals surface area contributed by atoms with Crippen molar-refractivity contribution in [3.8, 4) is 5.75 Å². The molecule has 0 aliphatic carbocycles. The summed E-state index contributed by atoms with van der Waals surface area (Å²) in [4.78, 5) is 15.2. The van der Waals surface area contributed by atoms with E-state index < -0.39 is 0 Å². The molecule has 0 aliphatic heterocycles. The van der Waals surface area contributed by atoms with Crippen LogP contribution in [0.15, 0.2) is 18.3 Å². The minimum atomic E-state index is 0.0550. The second-order valence-electron chi connectivity index (χ2n) is 3.52. The zero-order valence-electron chi connectivity index (χ0n) is 9.03. The van der Waals surface area contributed by atoms with E-state index in [0.717, 1.165) is 5.52 Å². The van der Waals surface area contributed by atoms with Gasteiger partial charge in [-0.15, -0.1) is 0 Å². The lowest BCUT2D eigenvalue weighted by Gasteiger charge is -2.02. The number of carbonyl (C=O) groups excluding carboxylic acids is 1. The maximum Gasteiger partial charge on any atom is 0.155 e. The molecule has 0 radical (unpaired) electrons. The third-order valence-electron chi connectivity index (χ3n) is 2.29. The zero-order chi connectivity index (χ0) is 11.7. The Bertz CT molecular complexity index is 548. The van der Waals surface area contributed by atoms with Crippen LogP contribution in [0.25, 0.3) is 5.52 Å². The van der Waals surface area contributed by atoms with Crippen LogP contribution in [0.5, 0.6) is 5.75 Å². The van der Waals surface area contributed by atoms with Crippen LogP contribution in [0.2, 0.25) is 5.15 Å². The number of hydrogen-bond acceptors (Lipinski definition) is 3. The van der Waals surface area contributed by atoms with Crippen LogP contribution in [-0.2, 0) is 11.2 Å². The normalized spacial score (nSPS) is 10.7. The van der Waals surface area contributed by atoms with Crippen molar-refractivity contribution < 1.29 is 9.53 Å². The number of methoxy groups -OCH3 is 1. The van der Waals surface area contributed by atoms with Crippen molar-refractivity contribution in [1.29, 1.82) is 0 Å². The van der Waals surface area contributed by atoms with Gasteiger partial charge < -0.3 is 9.14 Å². The average Bonchev–Trinajstić information content (AvgIpc) is 2.54. The summed E-state index contributed by atoms with van der Waals surface area (Å²) in [7, 11) is 1.59. The maximum atomic E-state index is 11.1. The Morgan fingerprint density at radius 3 is 3.00 bits per heavy atom. The molecule has 0 aliphatic rings. The number of Topliss-reactive ketones (excluding diaryl/α,β-unsaturated/α-hetero) is 1. The fourth-order valence-corrected chi connectivity index (χ4v) is 1.81. The molecule has 0 saturated heterocycles. The molecule has 0 unspecified atom stereocenters. The van der Waals surface area contributed by atoms with Crippen LogP contribution in [0.1, 0.15) is 12.7 Å². The molecule has 0 bridgehead atoms. The van der Waals surface area contributed by atoms with Gasteiger partial charge in [0.2, 0.25) is 0 Å². The molecule has 2 aromatic rings. The van der Waals surface area contributed by atoms with E-state index in [4.69, 9.17) is 16.3 Å². The second-order valence-corrected chi connectivity index (χ2v) is 3.88. The Kier molecular flexibility index (Phi) is 2.83. The highest BCUT2D eigenvalue weighted by Gasteiger charge is 2.11. The number of rotatable bonds is 3. The third kappa shape index (κ3) is 1.88. The van der Waals surface area contributed by atoms with E-state index in [1.54, 1.807) is 29.8 Å². The lowest BCUT2D eigenvalue weighted by atomic mass is 10.3. The van der Waals surface area contributed by atoms with Crippen molar-refractivity contribution in [2.75, 3.05) is 7.11 Å². The number of nitrogens with zero attached hydrogens (tertiary/aromatic N) is 2. The third-order valence-corrected chi connectivity index (χ3v) is 2.56. The quantitative estimate of drug-likeness (QED) is 0.823. The number of ether oxygens (including phenoxy) is 1. The van der Waals surface area contributed by atoms with Crippen molar-refractivity contribution in [3.63, 3.8) is 0 Å². The fraction of sp³-hybridized carbons (Fsp3) is 0.273. The van der Waals surface area contributed by atoms with E-state index in [9.17, 15) is 4.79 Å². The number of imidazole rings is 1. The van der Waals surface area contributed by atoms with E-state index in [-0.39, 0.29) is 12.2 Å². The second kappa shape index (κ2) is 4.14. The summed E-state index contributed by atoms with van der Waals surface area (Å²) in [5, 5.41) is 0.384. The average molecular weight is 239 g/mol. The molecule has 16 heavy (non-hydrogen) atoms. The maximum absolute atomic E-state index is 11.1. The molecule has 0 amide bonds. The Hall–Kier alpha value is -1.55. The molecule has 0 aromatic carbocycles. The summed E-state index contributed by atoms with van der Waals surface area (Å²) in [5.74, 6) is 1.42. The van der Waals surface area contributed by atoms with Crippen molar-refractivity contribution >= 4 is 22.9 Å². The summed E-state index contributed by atoms with van der Waals surface area (Å²) in [6.07, 6.45) is 2.07. The van der Waals surface area contributed by atoms with Gasteiger partial charge in [0, 0.05) is 12.3 Å². The molecule has 84 valence electrons. The van der Waals surface area contributed by atoms with Gasteiger partial charge in [0.25, 0.3) is 0 Å². The van der Waals surface area contributed by atoms with Crippen molar-refractivity contribution in [2.24, 2.45) is 0 Å². The molecule has 0 fully saturated rings. The van der Waals surface area contributed by atoms with E-state index in [0.29, 0.717) is 16.7 Å². The van der Waals surface area contributed by atoms with Crippen LogP contribution in [-0.4, -0.2) is 22.3 Å². The van der Waals surface area contributed by atoms with Crippen molar-refractivity contribution in [2.45, 2.75) is 13.3 Å². The van der Waals surface area contributed by atoms with E-state index >= 15 is 0 Å². The summed E-state index contributed by atoms with van der Waals surface area (Å²) in [6.45, 7) is 1.53. The molecule has 0 atom stereocenters. The molecule has 4 nitrogen and oxygen atoms in total. The van der Waals surface area contributed by atoms with Crippen LogP contribution >= 0.6 is 11.6 Å². The Morgan fingerprint density at radius 1 is 1.62 bits per heavy atom. The first kappa shape index (κ1) is 11.0. The van der Waals surface area contributed by atoms with Gasteiger partial charge in [-0.05, 0) is 13.0 Å². The zero-order valence-corrected chi connectivity index (χ0v) is 9.78. The predicted molar refractivity (Wildman–Crippen MR) is 61.1 cm³/mol. The summed E-state index contributed by atoms with van der Waals surface area (Å²) >= 11 is 5.99. The molecular formula is C11H11ClN2O2. The topological polar surface area (TPSA) is 43.6 Å². The van der Waals surface area contributed by atoms with Crippen molar-refractivity contribution in [3.05, 3.63) is 29.3 Å². The van der Waals surface area contributed by atoms with E-state index in [1.165, 1.54) is 6.92 Å². The minimum absolute atomic E-state index is 0.0550. The Labute approximate surface area is 97.8 Å². The smallest absolute Gasteiger partial charge is 0.155 e. The molecule has 0 saturated carbocycles. The molecule has 2 rings (SSSR count). The van der Waals surface area contributed by atoms with Gasteiger partial charge in [0.15, 0.2) is 5.15 Å². The van der Waals surface area contributed by atoms with Crippen LogP contribution in [0, 0.1) is 0 Å². The summed E-state index contributed by atoms with van der Waals surface area (Å²) in [6, 6.07) is 3.59. The van der Waals surface area contributed by atoms with Gasteiger partial charge in [-0.1, -0.05) is 11.6 Å². The molecule has 2 aromatic heterocycles. The number of ketones is 1. The molecule has 5 heteroatoms. The van der Waals surface area contributed by atoms with E-state index in [1.807, 2.05) is 0 Å². The highest BCUT2D eigenvalue weighted by atomic mass is 35.5. The molecule has 0 N–H and O–H groups in total. The molecule has 0 spiro atoms. The van der Waals surface area contributed by atoms with Crippen molar-refractivity contribution in [1.82, 2.24) is 9.38 Å². The lowest BCUT2D eigenvalue weighted by molar-refractivity contribution is -0.116. The number of carbonyl (C=O) groups is 1. The first-order chi connectivity index (χ1) is 7.61. The van der Waals surface area contributed by atoms with Gasteiger partial charge in [0.05, 0.1) is 19.0 Å². The van der Waals surface area contributed by atoms with Gasteiger partial charge in [-0.3, -0.25) is 4.79 Å². The predicted octanol–water partition coefficient (Wildman–Crippen LogP) is 2.13. The lowest BCUT2D eigenvalue weighted by Crippen LogP contribution is -2.01. The first-order valence-electron chi connectivity index (χ1n) is 4.81. The first-order valence-corrected chi connectivity index (χ1v) is 5.19. The SMILES string of the molecule is COc1ccn2c(CC(C)=O)nc(Cl)c2c1. The van der Waals surface area contributed by atoms with Gasteiger partial charge in [-0.2, -0.15) is 0 Å². The number of halogens is 1. The van der Waals surface area contributed by atoms with Crippen LogP contribution < -0.4 is 4.74 Å². The van der Waals surface area contributed by atoms with Gasteiger partial charge in [0.1, 0.15) is 17.4 Å². The summed E-state index contributed by atoms with van der Waals surface area (Å²) in [5.41, 5.74) is 0.747.